The molecule has 88 valence electrons. The molecule has 0 radical (unpaired) electrons. The van der Waals surface area contributed by atoms with Crippen molar-refractivity contribution < 1.29 is 22.7 Å². The van der Waals surface area contributed by atoms with Crippen LogP contribution in [0.4, 0.5) is 0 Å². The molecular formula is C8H13ClO5S. The van der Waals surface area contributed by atoms with Crippen molar-refractivity contribution in [1.29, 1.82) is 0 Å². The highest BCUT2D eigenvalue weighted by Gasteiger charge is 2.27. The van der Waals surface area contributed by atoms with Gasteiger partial charge in [0.05, 0.1) is 12.0 Å². The topological polar surface area (TPSA) is 69.7 Å². The highest BCUT2D eigenvalue weighted by Crippen LogP contribution is 2.21. The number of hydrogen-bond acceptors (Lipinski definition) is 5. The van der Waals surface area contributed by atoms with Crippen LogP contribution in [0.3, 0.4) is 0 Å². The van der Waals surface area contributed by atoms with Crippen LogP contribution in [0.25, 0.3) is 0 Å². The average Bonchev–Trinajstić information content (AvgIpc) is 2.13. The van der Waals surface area contributed by atoms with E-state index < -0.39 is 21.0 Å². The van der Waals surface area contributed by atoms with Crippen molar-refractivity contribution in [3.8, 4) is 0 Å². The van der Waals surface area contributed by atoms with Gasteiger partial charge in [0, 0.05) is 17.3 Å². The maximum absolute atomic E-state index is 11.4. The molecule has 1 aliphatic rings. The van der Waals surface area contributed by atoms with Gasteiger partial charge in [0.25, 0.3) is 9.05 Å². The highest BCUT2D eigenvalue weighted by atomic mass is 35.7. The van der Waals surface area contributed by atoms with Crippen LogP contribution in [0.1, 0.15) is 19.8 Å². The minimum absolute atomic E-state index is 0.00362. The summed E-state index contributed by atoms with van der Waals surface area (Å²) in [6.07, 6.45) is 1.12. The third kappa shape index (κ3) is 4.81. The van der Waals surface area contributed by atoms with E-state index in [0.717, 1.165) is 0 Å². The van der Waals surface area contributed by atoms with Crippen molar-refractivity contribution in [3.05, 3.63) is 0 Å². The number of rotatable bonds is 3. The molecule has 2 unspecified atom stereocenters. The normalized spacial score (nSPS) is 27.3. The zero-order chi connectivity index (χ0) is 11.5. The second-order valence-corrected chi connectivity index (χ2v) is 6.25. The molecule has 1 aliphatic heterocycles. The van der Waals surface area contributed by atoms with Gasteiger partial charge in [0.15, 0.2) is 0 Å². The Hall–Kier alpha value is -0.330. The van der Waals surface area contributed by atoms with E-state index in [-0.39, 0.29) is 12.0 Å². The molecule has 1 heterocycles. The molecule has 7 heteroatoms. The molecule has 0 amide bonds. The third-order valence-electron chi connectivity index (χ3n) is 2.16. The third-order valence-corrected chi connectivity index (χ3v) is 2.83. The Morgan fingerprint density at radius 1 is 1.60 bits per heavy atom. The van der Waals surface area contributed by atoms with E-state index in [2.05, 4.69) is 4.74 Å². The van der Waals surface area contributed by atoms with Gasteiger partial charge in [0.1, 0.15) is 0 Å². The summed E-state index contributed by atoms with van der Waals surface area (Å²) in [6.45, 7) is 2.35. The maximum atomic E-state index is 11.4. The molecule has 0 aromatic rings. The Bertz CT molecular complexity index is 326. The number of carbonyl (C=O) groups is 1. The van der Waals surface area contributed by atoms with Crippen LogP contribution in [-0.2, 0) is 23.3 Å². The molecule has 1 fully saturated rings. The Labute approximate surface area is 93.1 Å². The monoisotopic (exact) mass is 256 g/mol. The minimum atomic E-state index is -3.77. The van der Waals surface area contributed by atoms with Crippen LogP contribution in [0.2, 0.25) is 0 Å². The fraction of sp³-hybridized carbons (Fsp3) is 0.875. The largest absolute Gasteiger partial charge is 0.448 e. The van der Waals surface area contributed by atoms with Crippen LogP contribution in [0, 0.1) is 5.92 Å². The summed E-state index contributed by atoms with van der Waals surface area (Å²) in [5.41, 5.74) is 0. The summed E-state index contributed by atoms with van der Waals surface area (Å²) >= 11 is 0. The zero-order valence-electron chi connectivity index (χ0n) is 8.31. The van der Waals surface area contributed by atoms with Crippen LogP contribution >= 0.6 is 10.7 Å². The van der Waals surface area contributed by atoms with Gasteiger partial charge in [-0.15, -0.1) is 0 Å². The van der Waals surface area contributed by atoms with E-state index in [1.165, 1.54) is 0 Å². The smallest absolute Gasteiger partial charge is 0.310 e. The molecule has 0 bridgehead atoms. The molecule has 1 saturated heterocycles. The summed E-state index contributed by atoms with van der Waals surface area (Å²) in [7, 11) is 1.14. The van der Waals surface area contributed by atoms with E-state index in [9.17, 15) is 13.2 Å². The molecule has 0 aromatic carbocycles. The van der Waals surface area contributed by atoms with Gasteiger partial charge in [-0.2, -0.15) is 0 Å². The molecule has 5 nitrogen and oxygen atoms in total. The van der Waals surface area contributed by atoms with E-state index in [4.69, 9.17) is 15.4 Å². The Balaban J connectivity index is 2.40. The molecule has 0 spiro atoms. The van der Waals surface area contributed by atoms with Gasteiger partial charge in [-0.05, 0) is 19.8 Å². The first kappa shape index (κ1) is 12.7. The van der Waals surface area contributed by atoms with Gasteiger partial charge < -0.3 is 9.47 Å². The van der Waals surface area contributed by atoms with Crippen molar-refractivity contribution in [2.75, 3.05) is 12.5 Å². The van der Waals surface area contributed by atoms with Crippen LogP contribution < -0.4 is 0 Å². The SMILES string of the molecule is CC1CC(C(=O)OCS(=O)(=O)Cl)CCO1. The average molecular weight is 257 g/mol. The lowest BCUT2D eigenvalue weighted by Crippen LogP contribution is -2.30. The second kappa shape index (κ2) is 5.14. The summed E-state index contributed by atoms with van der Waals surface area (Å²) in [5.74, 6) is -1.57. The maximum Gasteiger partial charge on any atom is 0.310 e. The molecule has 0 N–H and O–H groups in total. The van der Waals surface area contributed by atoms with Crippen LogP contribution in [0.5, 0.6) is 0 Å². The first-order valence-electron chi connectivity index (χ1n) is 4.59. The summed E-state index contributed by atoms with van der Waals surface area (Å²) in [6, 6.07) is 0. The molecule has 0 saturated carbocycles. The number of ether oxygens (including phenoxy) is 2. The number of hydrogen-bond donors (Lipinski definition) is 0. The second-order valence-electron chi connectivity index (χ2n) is 3.52. The molecule has 0 aliphatic carbocycles. The fourth-order valence-corrected chi connectivity index (χ4v) is 1.85. The van der Waals surface area contributed by atoms with E-state index in [1.54, 1.807) is 0 Å². The van der Waals surface area contributed by atoms with Crippen molar-refractivity contribution in [3.63, 3.8) is 0 Å². The van der Waals surface area contributed by atoms with Crippen molar-refractivity contribution >= 4 is 25.7 Å². The summed E-state index contributed by atoms with van der Waals surface area (Å²) < 4.78 is 30.9. The van der Waals surface area contributed by atoms with Crippen molar-refractivity contribution in [2.45, 2.75) is 25.9 Å². The molecule has 1 rings (SSSR count). The van der Waals surface area contributed by atoms with Gasteiger partial charge >= 0.3 is 5.97 Å². The first-order valence-corrected chi connectivity index (χ1v) is 7.07. The van der Waals surface area contributed by atoms with E-state index in [0.29, 0.717) is 19.4 Å². The highest BCUT2D eigenvalue weighted by molar-refractivity contribution is 8.13. The van der Waals surface area contributed by atoms with Gasteiger partial charge in [0.2, 0.25) is 5.94 Å². The summed E-state index contributed by atoms with van der Waals surface area (Å²) in [4.78, 5) is 11.4. The van der Waals surface area contributed by atoms with Crippen molar-refractivity contribution in [1.82, 2.24) is 0 Å². The first-order chi connectivity index (χ1) is 6.88. The van der Waals surface area contributed by atoms with Gasteiger partial charge in [-0.3, -0.25) is 4.79 Å². The molecule has 15 heavy (non-hydrogen) atoms. The van der Waals surface area contributed by atoms with Crippen LogP contribution in [-0.4, -0.2) is 33.0 Å². The lowest BCUT2D eigenvalue weighted by molar-refractivity contribution is -0.151. The minimum Gasteiger partial charge on any atom is -0.448 e. The standard InChI is InChI=1S/C8H13ClO5S/c1-6-4-7(2-3-13-6)8(10)14-5-15(9,11)12/h6-7H,2-5H2,1H3. The molecular weight excluding hydrogens is 244 g/mol. The quantitative estimate of drug-likeness (QED) is 0.554. The van der Waals surface area contributed by atoms with E-state index in [1.807, 2.05) is 6.92 Å². The van der Waals surface area contributed by atoms with Gasteiger partial charge in [-0.1, -0.05) is 0 Å². The van der Waals surface area contributed by atoms with Crippen LogP contribution in [0.15, 0.2) is 0 Å². The fourth-order valence-electron chi connectivity index (χ4n) is 1.46. The van der Waals surface area contributed by atoms with E-state index >= 15 is 0 Å². The number of esters is 1. The predicted octanol–water partition coefficient (Wildman–Crippen LogP) is 0.871. The Kier molecular flexibility index (Phi) is 4.36. The zero-order valence-corrected chi connectivity index (χ0v) is 9.88. The number of carbonyl (C=O) groups excluding carboxylic acids is 1. The lowest BCUT2D eigenvalue weighted by Gasteiger charge is -2.25. The lowest BCUT2D eigenvalue weighted by atomic mass is 9.97. The predicted molar refractivity (Wildman–Crippen MR) is 53.9 cm³/mol. The molecule has 0 aromatic heterocycles. The Morgan fingerprint density at radius 3 is 2.80 bits per heavy atom. The molecule has 2 atom stereocenters. The van der Waals surface area contributed by atoms with Gasteiger partial charge in [-0.25, -0.2) is 8.42 Å². The summed E-state index contributed by atoms with van der Waals surface area (Å²) in [5, 5.41) is 0. The van der Waals surface area contributed by atoms with Crippen molar-refractivity contribution in [2.24, 2.45) is 5.92 Å². The number of halogens is 1. The Morgan fingerprint density at radius 2 is 2.27 bits per heavy atom.